The van der Waals surface area contributed by atoms with Gasteiger partial charge in [-0.15, -0.1) is 0 Å². The topological polar surface area (TPSA) is 95.1 Å². The van der Waals surface area contributed by atoms with Crippen LogP contribution in [0.15, 0.2) is 12.3 Å². The lowest BCUT2D eigenvalue weighted by atomic mass is 10.2. The molecule has 0 aliphatic rings. The molecule has 1 N–H and O–H groups in total. The molecule has 96 valence electrons. The van der Waals surface area contributed by atoms with Crippen molar-refractivity contribution in [2.75, 3.05) is 32.1 Å². The van der Waals surface area contributed by atoms with Crippen LogP contribution in [-0.2, 0) is 0 Å². The number of hydrogen-bond donors (Lipinski definition) is 1. The van der Waals surface area contributed by atoms with E-state index in [4.69, 9.17) is 5.26 Å². The third-order valence-electron chi connectivity index (χ3n) is 2.47. The average molecular weight is 249 g/mol. The van der Waals surface area contributed by atoms with Crippen molar-refractivity contribution in [2.45, 2.75) is 6.42 Å². The van der Waals surface area contributed by atoms with Gasteiger partial charge in [-0.2, -0.15) is 5.26 Å². The highest BCUT2D eigenvalue weighted by atomic mass is 16.6. The van der Waals surface area contributed by atoms with Crippen molar-refractivity contribution in [3.05, 3.63) is 27.9 Å². The zero-order chi connectivity index (χ0) is 13.5. The van der Waals surface area contributed by atoms with Gasteiger partial charge in [-0.3, -0.25) is 10.1 Å². The summed E-state index contributed by atoms with van der Waals surface area (Å²) in [6.07, 6.45) is 2.07. The molecule has 0 fully saturated rings. The number of nitrogens with zero attached hydrogens (tertiary/aromatic N) is 4. The van der Waals surface area contributed by atoms with Crippen LogP contribution in [0, 0.1) is 21.4 Å². The van der Waals surface area contributed by atoms with Gasteiger partial charge in [0.1, 0.15) is 23.6 Å². The zero-order valence-corrected chi connectivity index (χ0v) is 10.4. The summed E-state index contributed by atoms with van der Waals surface area (Å²) >= 11 is 0. The maximum absolute atomic E-state index is 10.6. The molecule has 0 aliphatic carbocycles. The van der Waals surface area contributed by atoms with E-state index in [-0.39, 0.29) is 11.3 Å². The number of rotatable bonds is 6. The third-order valence-corrected chi connectivity index (χ3v) is 2.47. The first kappa shape index (κ1) is 13.9. The highest BCUT2D eigenvalue weighted by molar-refractivity contribution is 5.56. The van der Waals surface area contributed by atoms with Crippen molar-refractivity contribution in [1.82, 2.24) is 10.3 Å². The van der Waals surface area contributed by atoms with E-state index in [1.54, 1.807) is 0 Å². The van der Waals surface area contributed by atoms with Crippen LogP contribution in [0.25, 0.3) is 0 Å². The van der Waals surface area contributed by atoms with Gasteiger partial charge in [0.05, 0.1) is 4.92 Å². The second-order valence-electron chi connectivity index (χ2n) is 3.81. The Kier molecular flexibility index (Phi) is 5.02. The number of hydrogen-bond acceptors (Lipinski definition) is 6. The zero-order valence-electron chi connectivity index (χ0n) is 10.4. The van der Waals surface area contributed by atoms with Crippen LogP contribution in [0.2, 0.25) is 0 Å². The second-order valence-corrected chi connectivity index (χ2v) is 3.81. The summed E-state index contributed by atoms with van der Waals surface area (Å²) in [4.78, 5) is 15.8. The quantitative estimate of drug-likeness (QED) is 0.457. The van der Waals surface area contributed by atoms with Crippen molar-refractivity contribution < 1.29 is 4.92 Å². The summed E-state index contributed by atoms with van der Waals surface area (Å²) in [5, 5.41) is 22.6. The molecular weight excluding hydrogens is 234 g/mol. The lowest BCUT2D eigenvalue weighted by Crippen LogP contribution is -2.23. The first-order valence-electron chi connectivity index (χ1n) is 5.50. The molecule has 0 bridgehead atoms. The Morgan fingerprint density at radius 1 is 1.67 bits per heavy atom. The molecule has 7 heteroatoms. The van der Waals surface area contributed by atoms with Crippen LogP contribution in [0.5, 0.6) is 0 Å². The molecule has 1 aromatic rings. The molecule has 0 atom stereocenters. The molecule has 0 unspecified atom stereocenters. The molecule has 7 nitrogen and oxygen atoms in total. The summed E-state index contributed by atoms with van der Waals surface area (Å²) in [5.74, 6) is 0.471. The van der Waals surface area contributed by atoms with Crippen LogP contribution in [-0.4, -0.2) is 37.1 Å². The Morgan fingerprint density at radius 3 is 2.94 bits per heavy atom. The van der Waals surface area contributed by atoms with E-state index in [9.17, 15) is 10.1 Å². The third kappa shape index (κ3) is 3.40. The van der Waals surface area contributed by atoms with Crippen LogP contribution in [0.1, 0.15) is 12.0 Å². The molecule has 1 heterocycles. The first-order chi connectivity index (χ1) is 8.60. The molecule has 0 amide bonds. The van der Waals surface area contributed by atoms with Gasteiger partial charge in [0.25, 0.3) is 5.69 Å². The molecular formula is C11H15N5O2. The van der Waals surface area contributed by atoms with E-state index in [2.05, 4.69) is 10.3 Å². The fourth-order valence-corrected chi connectivity index (χ4v) is 1.53. The van der Waals surface area contributed by atoms with E-state index in [1.165, 1.54) is 12.3 Å². The lowest BCUT2D eigenvalue weighted by Gasteiger charge is -2.18. The standard InChI is InChI=1S/C11H15N5O2/c1-13-4-3-5-15(2)11-9(7-12)6-10(8-14-11)16(17)18/h6,8,13H,3-5H2,1-2H3. The number of nitriles is 1. The summed E-state index contributed by atoms with van der Waals surface area (Å²) in [6, 6.07) is 3.18. The molecule has 1 rings (SSSR count). The van der Waals surface area contributed by atoms with Gasteiger partial charge < -0.3 is 10.2 Å². The molecule has 0 radical (unpaired) electrons. The summed E-state index contributed by atoms with van der Waals surface area (Å²) in [7, 11) is 3.68. The smallest absolute Gasteiger partial charge is 0.289 e. The van der Waals surface area contributed by atoms with Crippen LogP contribution < -0.4 is 10.2 Å². The lowest BCUT2D eigenvalue weighted by molar-refractivity contribution is -0.385. The Bertz CT molecular complexity index is 469. The number of anilines is 1. The van der Waals surface area contributed by atoms with Gasteiger partial charge in [-0.25, -0.2) is 4.98 Å². The maximum Gasteiger partial charge on any atom is 0.289 e. The minimum absolute atomic E-state index is 0.168. The van der Waals surface area contributed by atoms with Crippen molar-refractivity contribution in [3.63, 3.8) is 0 Å². The predicted octanol–water partition coefficient (Wildman–Crippen LogP) is 0.907. The van der Waals surface area contributed by atoms with Gasteiger partial charge >= 0.3 is 0 Å². The molecule has 0 spiro atoms. The van der Waals surface area contributed by atoms with Gasteiger partial charge in [0, 0.05) is 19.7 Å². The van der Waals surface area contributed by atoms with Crippen LogP contribution >= 0.6 is 0 Å². The monoisotopic (exact) mass is 249 g/mol. The van der Waals surface area contributed by atoms with Crippen molar-refractivity contribution in [1.29, 1.82) is 5.26 Å². The Morgan fingerprint density at radius 2 is 2.39 bits per heavy atom. The maximum atomic E-state index is 10.6. The minimum atomic E-state index is -0.557. The molecule has 1 aromatic heterocycles. The minimum Gasteiger partial charge on any atom is -0.359 e. The highest BCUT2D eigenvalue weighted by Gasteiger charge is 2.14. The fourth-order valence-electron chi connectivity index (χ4n) is 1.53. The van der Waals surface area contributed by atoms with E-state index < -0.39 is 4.92 Å². The number of pyridine rings is 1. The SMILES string of the molecule is CNCCCN(C)c1ncc([N+](=O)[O-])cc1C#N. The molecule has 0 aromatic carbocycles. The number of nitro groups is 1. The van der Waals surface area contributed by atoms with Gasteiger partial charge in [0.15, 0.2) is 0 Å². The Balaban J connectivity index is 2.88. The molecule has 0 saturated carbocycles. The van der Waals surface area contributed by atoms with E-state index in [1.807, 2.05) is 25.1 Å². The normalized spacial score (nSPS) is 9.83. The van der Waals surface area contributed by atoms with Crippen molar-refractivity contribution in [2.24, 2.45) is 0 Å². The fraction of sp³-hybridized carbons (Fsp3) is 0.455. The van der Waals surface area contributed by atoms with Gasteiger partial charge in [0.2, 0.25) is 0 Å². The second kappa shape index (κ2) is 6.51. The summed E-state index contributed by atoms with van der Waals surface area (Å²) in [6.45, 7) is 1.58. The summed E-state index contributed by atoms with van der Waals surface area (Å²) < 4.78 is 0. The van der Waals surface area contributed by atoms with Gasteiger partial charge in [-0.05, 0) is 20.0 Å². The largest absolute Gasteiger partial charge is 0.359 e. The average Bonchev–Trinajstić information content (AvgIpc) is 2.38. The van der Waals surface area contributed by atoms with Crippen LogP contribution in [0.3, 0.4) is 0 Å². The van der Waals surface area contributed by atoms with E-state index in [0.717, 1.165) is 19.5 Å². The van der Waals surface area contributed by atoms with Crippen molar-refractivity contribution >= 4 is 11.5 Å². The number of nitrogens with one attached hydrogen (secondary N) is 1. The van der Waals surface area contributed by atoms with E-state index in [0.29, 0.717) is 5.82 Å². The summed E-state index contributed by atoms with van der Waals surface area (Å²) in [5.41, 5.74) is 0.0510. The Labute approximate surface area is 105 Å². The van der Waals surface area contributed by atoms with E-state index >= 15 is 0 Å². The van der Waals surface area contributed by atoms with Gasteiger partial charge in [-0.1, -0.05) is 0 Å². The first-order valence-corrected chi connectivity index (χ1v) is 5.50. The molecule has 18 heavy (non-hydrogen) atoms. The Hall–Kier alpha value is -2.20. The highest BCUT2D eigenvalue weighted by Crippen LogP contribution is 2.20. The van der Waals surface area contributed by atoms with Crippen molar-refractivity contribution in [3.8, 4) is 6.07 Å². The molecule has 0 aliphatic heterocycles. The van der Waals surface area contributed by atoms with Crippen LogP contribution in [0.4, 0.5) is 11.5 Å². The molecule has 0 saturated heterocycles. The predicted molar refractivity (Wildman–Crippen MR) is 67.4 cm³/mol. The number of aromatic nitrogens is 1.